The van der Waals surface area contributed by atoms with Crippen molar-refractivity contribution in [1.29, 1.82) is 5.26 Å². The number of anilines is 1. The molecule has 14 heavy (non-hydrogen) atoms. The first-order valence-electron chi connectivity index (χ1n) is 4.58. The van der Waals surface area contributed by atoms with E-state index in [1.54, 1.807) is 12.3 Å². The van der Waals surface area contributed by atoms with E-state index in [1.807, 2.05) is 25.1 Å². The molecule has 1 rings (SSSR count). The van der Waals surface area contributed by atoms with Crippen molar-refractivity contribution in [3.63, 3.8) is 0 Å². The quantitative estimate of drug-likeness (QED) is 0.581. The number of nitriles is 1. The van der Waals surface area contributed by atoms with Crippen LogP contribution in [-0.2, 0) is 0 Å². The largest absolute Gasteiger partial charge is 0.370 e. The van der Waals surface area contributed by atoms with Gasteiger partial charge in [0.15, 0.2) is 0 Å². The van der Waals surface area contributed by atoms with Crippen molar-refractivity contribution in [1.82, 2.24) is 4.98 Å². The maximum absolute atomic E-state index is 8.55. The molecular formula is C11H13N3. The lowest BCUT2D eigenvalue weighted by Gasteiger charge is -2.02. The van der Waals surface area contributed by atoms with Crippen LogP contribution in [0.2, 0.25) is 0 Å². The number of rotatable bonds is 4. The standard InChI is InChI=1S/C11H13N3/c1-2-3-4-7-13-11-6-5-10(8-12)9-14-11/h2-3,5-6,9H,4,7H2,1H3,(H,13,14)/b3-2+. The van der Waals surface area contributed by atoms with Crippen LogP contribution in [-0.4, -0.2) is 11.5 Å². The minimum Gasteiger partial charge on any atom is -0.370 e. The van der Waals surface area contributed by atoms with Crippen molar-refractivity contribution in [2.75, 3.05) is 11.9 Å². The van der Waals surface area contributed by atoms with Crippen LogP contribution in [0.4, 0.5) is 5.82 Å². The lowest BCUT2D eigenvalue weighted by atomic mass is 10.3. The third-order valence-corrected chi connectivity index (χ3v) is 1.75. The summed E-state index contributed by atoms with van der Waals surface area (Å²) in [5.41, 5.74) is 0.587. The molecule has 1 aromatic heterocycles. The molecule has 0 aliphatic carbocycles. The number of pyridine rings is 1. The summed E-state index contributed by atoms with van der Waals surface area (Å²) in [7, 11) is 0. The van der Waals surface area contributed by atoms with Gasteiger partial charge in [-0.1, -0.05) is 12.2 Å². The van der Waals surface area contributed by atoms with E-state index in [0.717, 1.165) is 18.8 Å². The van der Waals surface area contributed by atoms with Gasteiger partial charge in [-0.25, -0.2) is 4.98 Å². The SMILES string of the molecule is C/C=C/CCNc1ccc(C#N)cn1. The molecule has 0 fully saturated rings. The molecule has 0 saturated carbocycles. The van der Waals surface area contributed by atoms with Crippen LogP contribution in [0.1, 0.15) is 18.9 Å². The predicted octanol–water partition coefficient (Wildman–Crippen LogP) is 2.33. The summed E-state index contributed by atoms with van der Waals surface area (Å²) in [6, 6.07) is 5.60. The number of hydrogen-bond donors (Lipinski definition) is 1. The molecule has 3 nitrogen and oxygen atoms in total. The van der Waals surface area contributed by atoms with Crippen molar-refractivity contribution in [2.24, 2.45) is 0 Å². The van der Waals surface area contributed by atoms with E-state index in [0.29, 0.717) is 5.56 Å². The molecule has 1 aromatic rings. The average Bonchev–Trinajstić information content (AvgIpc) is 2.25. The topological polar surface area (TPSA) is 48.7 Å². The molecular weight excluding hydrogens is 174 g/mol. The Balaban J connectivity index is 2.41. The Morgan fingerprint density at radius 3 is 3.00 bits per heavy atom. The van der Waals surface area contributed by atoms with Gasteiger partial charge in [-0.3, -0.25) is 0 Å². The second-order valence-corrected chi connectivity index (χ2v) is 2.83. The highest BCUT2D eigenvalue weighted by Crippen LogP contribution is 2.03. The van der Waals surface area contributed by atoms with Crippen LogP contribution >= 0.6 is 0 Å². The van der Waals surface area contributed by atoms with Gasteiger partial charge >= 0.3 is 0 Å². The molecule has 0 bridgehead atoms. The van der Waals surface area contributed by atoms with Gasteiger partial charge in [0.2, 0.25) is 0 Å². The van der Waals surface area contributed by atoms with Crippen LogP contribution in [0.15, 0.2) is 30.5 Å². The molecule has 0 spiro atoms. The summed E-state index contributed by atoms with van der Waals surface area (Å²) in [5.74, 6) is 0.813. The van der Waals surface area contributed by atoms with Crippen LogP contribution in [0.5, 0.6) is 0 Å². The minimum absolute atomic E-state index is 0.587. The van der Waals surface area contributed by atoms with E-state index < -0.39 is 0 Å². The summed E-state index contributed by atoms with van der Waals surface area (Å²) in [4.78, 5) is 4.09. The predicted molar refractivity (Wildman–Crippen MR) is 56.9 cm³/mol. The van der Waals surface area contributed by atoms with Crippen LogP contribution < -0.4 is 5.32 Å². The van der Waals surface area contributed by atoms with Crippen molar-refractivity contribution < 1.29 is 0 Å². The molecule has 0 aliphatic rings. The molecule has 3 heteroatoms. The molecule has 72 valence electrons. The lowest BCUT2D eigenvalue weighted by Crippen LogP contribution is -2.01. The summed E-state index contributed by atoms with van der Waals surface area (Å²) >= 11 is 0. The minimum atomic E-state index is 0.587. The van der Waals surface area contributed by atoms with Gasteiger partial charge in [0.1, 0.15) is 11.9 Å². The highest BCUT2D eigenvalue weighted by molar-refractivity contribution is 5.38. The third kappa shape index (κ3) is 3.28. The Morgan fingerprint density at radius 2 is 2.43 bits per heavy atom. The fourth-order valence-corrected chi connectivity index (χ4v) is 1.01. The molecule has 0 aliphatic heterocycles. The van der Waals surface area contributed by atoms with Crippen LogP contribution in [0.3, 0.4) is 0 Å². The van der Waals surface area contributed by atoms with E-state index in [4.69, 9.17) is 5.26 Å². The van der Waals surface area contributed by atoms with Crippen LogP contribution in [0.25, 0.3) is 0 Å². The normalized spacial score (nSPS) is 10.0. The zero-order valence-electron chi connectivity index (χ0n) is 8.20. The highest BCUT2D eigenvalue weighted by Gasteiger charge is 1.92. The number of allylic oxidation sites excluding steroid dienone is 1. The summed E-state index contributed by atoms with van der Waals surface area (Å²) in [5, 5.41) is 11.7. The van der Waals surface area contributed by atoms with Crippen LogP contribution in [0, 0.1) is 11.3 Å². The van der Waals surface area contributed by atoms with Gasteiger partial charge in [-0.2, -0.15) is 5.26 Å². The maximum atomic E-state index is 8.55. The Labute approximate surface area is 84.1 Å². The zero-order chi connectivity index (χ0) is 10.2. The molecule has 0 radical (unpaired) electrons. The first kappa shape index (κ1) is 10.3. The van der Waals surface area contributed by atoms with E-state index in [2.05, 4.69) is 16.4 Å². The molecule has 1 heterocycles. The van der Waals surface area contributed by atoms with Gasteiger partial charge in [-0.15, -0.1) is 0 Å². The molecule has 0 amide bonds. The summed E-state index contributed by atoms with van der Waals surface area (Å²) < 4.78 is 0. The first-order valence-corrected chi connectivity index (χ1v) is 4.58. The number of nitrogens with zero attached hydrogens (tertiary/aromatic N) is 2. The van der Waals surface area contributed by atoms with Crippen molar-refractivity contribution in [2.45, 2.75) is 13.3 Å². The molecule has 0 aromatic carbocycles. The zero-order valence-corrected chi connectivity index (χ0v) is 8.20. The van der Waals surface area contributed by atoms with E-state index in [-0.39, 0.29) is 0 Å². The highest BCUT2D eigenvalue weighted by atomic mass is 15.0. The second kappa shape index (κ2) is 5.76. The number of hydrogen-bond acceptors (Lipinski definition) is 3. The second-order valence-electron chi connectivity index (χ2n) is 2.83. The summed E-state index contributed by atoms with van der Waals surface area (Å²) in [6.45, 7) is 2.86. The smallest absolute Gasteiger partial charge is 0.125 e. The van der Waals surface area contributed by atoms with Crippen molar-refractivity contribution in [3.8, 4) is 6.07 Å². The first-order chi connectivity index (χ1) is 6.86. The monoisotopic (exact) mass is 187 g/mol. The summed E-state index contributed by atoms with van der Waals surface area (Å²) in [6.07, 6.45) is 6.67. The van der Waals surface area contributed by atoms with E-state index in [1.165, 1.54) is 0 Å². The Morgan fingerprint density at radius 1 is 1.57 bits per heavy atom. The molecule has 0 saturated heterocycles. The molecule has 1 N–H and O–H groups in total. The van der Waals surface area contributed by atoms with Gasteiger partial charge in [0, 0.05) is 12.7 Å². The molecule has 0 atom stereocenters. The molecule has 0 unspecified atom stereocenters. The van der Waals surface area contributed by atoms with E-state index >= 15 is 0 Å². The fraction of sp³-hybridized carbons (Fsp3) is 0.273. The Kier molecular flexibility index (Phi) is 4.22. The van der Waals surface area contributed by atoms with E-state index in [9.17, 15) is 0 Å². The maximum Gasteiger partial charge on any atom is 0.125 e. The van der Waals surface area contributed by atoms with Gasteiger partial charge < -0.3 is 5.32 Å². The van der Waals surface area contributed by atoms with Crippen molar-refractivity contribution in [3.05, 3.63) is 36.0 Å². The fourth-order valence-electron chi connectivity index (χ4n) is 1.01. The Bertz CT molecular complexity index is 333. The average molecular weight is 187 g/mol. The van der Waals surface area contributed by atoms with Gasteiger partial charge in [0.25, 0.3) is 0 Å². The van der Waals surface area contributed by atoms with Gasteiger partial charge in [-0.05, 0) is 25.5 Å². The lowest BCUT2D eigenvalue weighted by molar-refractivity contribution is 1.04. The third-order valence-electron chi connectivity index (χ3n) is 1.75. The Hall–Kier alpha value is -1.82. The number of aromatic nitrogens is 1. The van der Waals surface area contributed by atoms with Crippen molar-refractivity contribution >= 4 is 5.82 Å². The van der Waals surface area contributed by atoms with Gasteiger partial charge in [0.05, 0.1) is 5.56 Å². The number of nitrogens with one attached hydrogen (secondary N) is 1.